The predicted octanol–water partition coefficient (Wildman–Crippen LogP) is 3.88. The van der Waals surface area contributed by atoms with Gasteiger partial charge in [-0.15, -0.1) is 0 Å². The Labute approximate surface area is 172 Å². The Morgan fingerprint density at radius 1 is 1.29 bits per heavy atom. The van der Waals surface area contributed by atoms with E-state index in [4.69, 9.17) is 11.6 Å². The molecule has 3 rings (SSSR count). The number of rotatable bonds is 6. The zero-order valence-electron chi connectivity index (χ0n) is 15.8. The van der Waals surface area contributed by atoms with Gasteiger partial charge in [0.1, 0.15) is 16.8 Å². The number of aryl methyl sites for hydroxylation is 1. The number of benzene rings is 2. The van der Waals surface area contributed by atoms with Gasteiger partial charge in [0.15, 0.2) is 0 Å². The van der Waals surface area contributed by atoms with Crippen molar-refractivity contribution < 1.29 is 13.4 Å². The van der Waals surface area contributed by atoms with Crippen LogP contribution in [0.1, 0.15) is 24.0 Å². The molecule has 2 unspecified atom stereocenters. The Kier molecular flexibility index (Phi) is 7.21. The molecule has 7 heteroatoms. The van der Waals surface area contributed by atoms with Gasteiger partial charge < -0.3 is 5.32 Å². The third-order valence-corrected chi connectivity index (χ3v) is 7.09. The molecule has 2 aromatic rings. The lowest BCUT2D eigenvalue weighted by atomic mass is 9.99. The topological polar surface area (TPSA) is 49.4 Å². The van der Waals surface area contributed by atoms with E-state index >= 15 is 0 Å². The second-order valence-corrected chi connectivity index (χ2v) is 8.86. The third-order valence-electron chi connectivity index (χ3n) is 4.96. The van der Waals surface area contributed by atoms with Crippen LogP contribution in [0, 0.1) is 18.7 Å². The van der Waals surface area contributed by atoms with Crippen molar-refractivity contribution in [2.24, 2.45) is 5.92 Å². The maximum atomic E-state index is 13.0. The molecule has 0 spiro atoms. The Bertz CT molecular complexity index is 860. The van der Waals surface area contributed by atoms with E-state index in [1.54, 1.807) is 18.2 Å². The van der Waals surface area contributed by atoms with Gasteiger partial charge in [-0.25, -0.2) is 12.9 Å². The molecule has 2 atom stereocenters. The van der Waals surface area contributed by atoms with Crippen LogP contribution in [0.4, 0.5) is 4.39 Å². The van der Waals surface area contributed by atoms with Crippen LogP contribution in [0.25, 0.3) is 0 Å². The second-order valence-electron chi connectivity index (χ2n) is 7.03. The summed E-state index contributed by atoms with van der Waals surface area (Å²) in [6.07, 6.45) is 2.23. The SMILES string of the molecule is Cc1cccc(S(=O)N2CCCC(C(=O)NCCc3ccc(F)cc3)C2)c1Cl. The van der Waals surface area contributed by atoms with Gasteiger partial charge >= 0.3 is 0 Å². The Balaban J connectivity index is 1.55. The number of halogens is 2. The summed E-state index contributed by atoms with van der Waals surface area (Å²) < 4.78 is 27.7. The third kappa shape index (κ3) is 5.19. The highest BCUT2D eigenvalue weighted by Crippen LogP contribution is 2.27. The van der Waals surface area contributed by atoms with Crippen LogP contribution >= 0.6 is 11.6 Å². The van der Waals surface area contributed by atoms with Crippen LogP contribution in [0.15, 0.2) is 47.4 Å². The first-order chi connectivity index (χ1) is 13.5. The molecule has 150 valence electrons. The number of nitrogens with one attached hydrogen (secondary N) is 1. The minimum absolute atomic E-state index is 0.0286. The molecule has 1 N–H and O–H groups in total. The fourth-order valence-electron chi connectivity index (χ4n) is 3.33. The molecular weight excluding hydrogens is 399 g/mol. The van der Waals surface area contributed by atoms with Crippen LogP contribution in [-0.4, -0.2) is 34.1 Å². The Hall–Kier alpha value is -1.76. The smallest absolute Gasteiger partial charge is 0.224 e. The molecular formula is C21H24ClFN2O2S. The van der Waals surface area contributed by atoms with Gasteiger partial charge in [-0.05, 0) is 55.5 Å². The number of amides is 1. The first-order valence-corrected chi connectivity index (χ1v) is 10.9. The molecule has 1 fully saturated rings. The van der Waals surface area contributed by atoms with E-state index in [-0.39, 0.29) is 17.6 Å². The summed E-state index contributed by atoms with van der Waals surface area (Å²) in [4.78, 5) is 13.1. The van der Waals surface area contributed by atoms with Crippen molar-refractivity contribution in [2.45, 2.75) is 31.1 Å². The fourth-order valence-corrected chi connectivity index (χ4v) is 5.05. The maximum absolute atomic E-state index is 13.0. The van der Waals surface area contributed by atoms with Gasteiger partial charge in [0.05, 0.1) is 15.8 Å². The standard InChI is InChI=1S/C21H24ClFN2O2S/c1-15-4-2-6-19(20(15)22)28(27)25-13-3-5-17(14-25)21(26)24-12-11-16-7-9-18(23)10-8-16/h2,4,6-10,17H,3,5,11-14H2,1H3,(H,24,26). The zero-order chi connectivity index (χ0) is 20.1. The van der Waals surface area contributed by atoms with Crippen LogP contribution in [0.2, 0.25) is 5.02 Å². The number of piperidine rings is 1. The molecule has 0 radical (unpaired) electrons. The van der Waals surface area contributed by atoms with Crippen LogP contribution in [0.3, 0.4) is 0 Å². The fraction of sp³-hybridized carbons (Fsp3) is 0.381. The van der Waals surface area contributed by atoms with Crippen molar-refractivity contribution in [3.8, 4) is 0 Å². The summed E-state index contributed by atoms with van der Waals surface area (Å²) in [5.41, 5.74) is 1.86. The molecule has 1 saturated heterocycles. The van der Waals surface area contributed by atoms with Crippen LogP contribution < -0.4 is 5.32 Å². The molecule has 1 heterocycles. The van der Waals surface area contributed by atoms with E-state index in [1.165, 1.54) is 12.1 Å². The van der Waals surface area contributed by atoms with E-state index in [9.17, 15) is 13.4 Å². The van der Waals surface area contributed by atoms with E-state index in [0.29, 0.717) is 36.0 Å². The summed E-state index contributed by atoms with van der Waals surface area (Å²) >= 11 is 6.32. The maximum Gasteiger partial charge on any atom is 0.224 e. The molecule has 1 aliphatic rings. The minimum Gasteiger partial charge on any atom is -0.355 e. The largest absolute Gasteiger partial charge is 0.355 e. The molecule has 0 saturated carbocycles. The van der Waals surface area contributed by atoms with Gasteiger partial charge in [-0.3, -0.25) is 4.79 Å². The highest BCUT2D eigenvalue weighted by atomic mass is 35.5. The lowest BCUT2D eigenvalue weighted by Gasteiger charge is -2.31. The lowest BCUT2D eigenvalue weighted by Crippen LogP contribution is -2.44. The summed E-state index contributed by atoms with van der Waals surface area (Å²) in [5, 5.41) is 3.47. The van der Waals surface area contributed by atoms with E-state index in [2.05, 4.69) is 5.32 Å². The van der Waals surface area contributed by atoms with Gasteiger partial charge in [0.2, 0.25) is 5.91 Å². The monoisotopic (exact) mass is 422 g/mol. The van der Waals surface area contributed by atoms with E-state index in [1.807, 2.05) is 23.4 Å². The quantitative estimate of drug-likeness (QED) is 0.768. The number of hydrogen-bond donors (Lipinski definition) is 1. The molecule has 0 aliphatic carbocycles. The number of carbonyl (C=O) groups is 1. The average Bonchev–Trinajstić information content (AvgIpc) is 2.71. The van der Waals surface area contributed by atoms with Crippen molar-refractivity contribution in [1.29, 1.82) is 0 Å². The summed E-state index contributed by atoms with van der Waals surface area (Å²) in [6.45, 7) is 3.50. The molecule has 2 aromatic carbocycles. The van der Waals surface area contributed by atoms with Crippen molar-refractivity contribution in [1.82, 2.24) is 9.62 Å². The average molecular weight is 423 g/mol. The molecule has 0 bridgehead atoms. The van der Waals surface area contributed by atoms with Crippen molar-refractivity contribution >= 4 is 28.5 Å². The van der Waals surface area contributed by atoms with Crippen LogP contribution in [-0.2, 0) is 22.2 Å². The Morgan fingerprint density at radius 3 is 2.79 bits per heavy atom. The zero-order valence-corrected chi connectivity index (χ0v) is 17.4. The van der Waals surface area contributed by atoms with Gasteiger partial charge in [-0.2, -0.15) is 0 Å². The first kappa shape index (κ1) is 21.0. The van der Waals surface area contributed by atoms with E-state index in [0.717, 1.165) is 24.0 Å². The lowest BCUT2D eigenvalue weighted by molar-refractivity contribution is -0.126. The Morgan fingerprint density at radius 2 is 2.04 bits per heavy atom. The van der Waals surface area contributed by atoms with Gasteiger partial charge in [-0.1, -0.05) is 35.9 Å². The first-order valence-electron chi connectivity index (χ1n) is 9.40. The second kappa shape index (κ2) is 9.63. The highest BCUT2D eigenvalue weighted by Gasteiger charge is 2.29. The summed E-state index contributed by atoms with van der Waals surface area (Å²) in [7, 11) is -1.38. The number of carbonyl (C=O) groups excluding carboxylic acids is 1. The molecule has 28 heavy (non-hydrogen) atoms. The van der Waals surface area contributed by atoms with Gasteiger partial charge in [0.25, 0.3) is 0 Å². The van der Waals surface area contributed by atoms with Crippen molar-refractivity contribution in [3.63, 3.8) is 0 Å². The minimum atomic E-state index is -1.38. The van der Waals surface area contributed by atoms with Gasteiger partial charge in [0, 0.05) is 19.6 Å². The van der Waals surface area contributed by atoms with Crippen molar-refractivity contribution in [2.75, 3.05) is 19.6 Å². The molecule has 4 nitrogen and oxygen atoms in total. The summed E-state index contributed by atoms with van der Waals surface area (Å²) in [5.74, 6) is -0.495. The predicted molar refractivity (Wildman–Crippen MR) is 110 cm³/mol. The highest BCUT2D eigenvalue weighted by molar-refractivity contribution is 7.82. The van der Waals surface area contributed by atoms with Crippen LogP contribution in [0.5, 0.6) is 0 Å². The normalized spacial score (nSPS) is 18.6. The molecule has 1 amide bonds. The molecule has 0 aromatic heterocycles. The number of nitrogens with zero attached hydrogens (tertiary/aromatic N) is 1. The number of hydrogen-bond acceptors (Lipinski definition) is 2. The summed E-state index contributed by atoms with van der Waals surface area (Å²) in [6, 6.07) is 11.8. The van der Waals surface area contributed by atoms with E-state index < -0.39 is 11.0 Å². The van der Waals surface area contributed by atoms with Crippen molar-refractivity contribution in [3.05, 3.63) is 64.4 Å². The molecule has 1 aliphatic heterocycles.